The molecular weight excluding hydrogens is 164 g/mol. The van der Waals surface area contributed by atoms with Crippen molar-refractivity contribution in [1.82, 2.24) is 0 Å². The van der Waals surface area contributed by atoms with E-state index in [-0.39, 0.29) is 0 Å². The van der Waals surface area contributed by atoms with E-state index in [1.165, 1.54) is 5.56 Å². The van der Waals surface area contributed by atoms with Gasteiger partial charge in [0.25, 0.3) is 0 Å². The maximum atomic E-state index is 7.90. The molecule has 2 heteroatoms. The topological polar surface area (TPSA) is 29.5 Å². The van der Waals surface area contributed by atoms with Crippen molar-refractivity contribution in [2.24, 2.45) is 0 Å². The Bertz CT molecular complexity index is 211. The number of benzene rings is 1. The van der Waals surface area contributed by atoms with Crippen LogP contribution in [0.2, 0.25) is 0 Å². The molecule has 1 aromatic carbocycles. The van der Waals surface area contributed by atoms with Gasteiger partial charge in [-0.2, -0.15) is 0 Å². The molecule has 0 spiro atoms. The average Bonchev–Trinajstić information content (AvgIpc) is 2.06. The van der Waals surface area contributed by atoms with Gasteiger partial charge in [0.05, 0.1) is 5.60 Å². The molecule has 0 radical (unpaired) electrons. The third-order valence-electron chi connectivity index (χ3n) is 1.21. The molecular formula is C11H18O2. The fourth-order valence-corrected chi connectivity index (χ4v) is 0.534. The fourth-order valence-electron chi connectivity index (χ4n) is 0.534. The van der Waals surface area contributed by atoms with Crippen LogP contribution in [0.3, 0.4) is 0 Å². The van der Waals surface area contributed by atoms with Crippen LogP contribution >= 0.6 is 0 Å². The van der Waals surface area contributed by atoms with E-state index >= 15 is 0 Å². The molecule has 0 fully saturated rings. The van der Waals surface area contributed by atoms with Crippen LogP contribution < -0.4 is 0 Å². The second-order valence-corrected chi connectivity index (χ2v) is 3.86. The van der Waals surface area contributed by atoms with Crippen LogP contribution in [0.25, 0.3) is 0 Å². The van der Waals surface area contributed by atoms with E-state index < -0.39 is 5.60 Å². The Kier molecular flexibility index (Phi) is 5.35. The summed E-state index contributed by atoms with van der Waals surface area (Å²) in [7, 11) is 0. The van der Waals surface area contributed by atoms with Gasteiger partial charge in [0.2, 0.25) is 0 Å². The fraction of sp³-hybridized carbons (Fsp3) is 0.455. The zero-order chi connectivity index (χ0) is 10.3. The molecule has 0 aromatic heterocycles. The molecule has 1 N–H and O–H groups in total. The van der Waals surface area contributed by atoms with Crippen molar-refractivity contribution in [1.29, 1.82) is 0 Å². The molecule has 13 heavy (non-hydrogen) atoms. The van der Waals surface area contributed by atoms with E-state index in [4.69, 9.17) is 5.26 Å². The third kappa shape index (κ3) is 9.05. The van der Waals surface area contributed by atoms with Gasteiger partial charge in [-0.25, -0.2) is 4.89 Å². The lowest BCUT2D eigenvalue weighted by Gasteiger charge is -2.10. The maximum Gasteiger partial charge on any atom is 0.0949 e. The molecule has 0 amide bonds. The van der Waals surface area contributed by atoms with Crippen LogP contribution in [0.5, 0.6) is 0 Å². The van der Waals surface area contributed by atoms with Gasteiger partial charge >= 0.3 is 0 Å². The van der Waals surface area contributed by atoms with Gasteiger partial charge in [-0.1, -0.05) is 35.9 Å². The van der Waals surface area contributed by atoms with Crippen LogP contribution in [0.1, 0.15) is 26.3 Å². The maximum absolute atomic E-state index is 7.90. The van der Waals surface area contributed by atoms with Crippen molar-refractivity contribution in [3.8, 4) is 0 Å². The molecule has 74 valence electrons. The van der Waals surface area contributed by atoms with Crippen LogP contribution in [0.15, 0.2) is 30.3 Å². The van der Waals surface area contributed by atoms with Gasteiger partial charge in [-0.05, 0) is 27.7 Å². The van der Waals surface area contributed by atoms with Gasteiger partial charge in [-0.3, -0.25) is 5.26 Å². The summed E-state index contributed by atoms with van der Waals surface area (Å²) in [6.45, 7) is 7.40. The molecule has 0 saturated heterocycles. The van der Waals surface area contributed by atoms with E-state index in [9.17, 15) is 0 Å². The van der Waals surface area contributed by atoms with Crippen molar-refractivity contribution in [3.05, 3.63) is 35.9 Å². The van der Waals surface area contributed by atoms with E-state index in [0.717, 1.165) is 0 Å². The van der Waals surface area contributed by atoms with Gasteiger partial charge in [-0.15, -0.1) is 0 Å². The first-order valence-corrected chi connectivity index (χ1v) is 4.30. The van der Waals surface area contributed by atoms with Crippen molar-refractivity contribution in [3.63, 3.8) is 0 Å². The SMILES string of the molecule is CC(C)(C)OO.Cc1ccccc1. The summed E-state index contributed by atoms with van der Waals surface area (Å²) >= 11 is 0. The standard InChI is InChI=1S/C7H8.C4H10O2/c1-7-5-3-2-4-6-7;1-4(2,3)6-5/h2-6H,1H3;5H,1-3H3. The Labute approximate surface area is 80.1 Å². The Morgan fingerprint density at radius 2 is 1.46 bits per heavy atom. The van der Waals surface area contributed by atoms with Gasteiger partial charge in [0.1, 0.15) is 0 Å². The largest absolute Gasteiger partial charge is 0.251 e. The van der Waals surface area contributed by atoms with Crippen molar-refractivity contribution in [2.45, 2.75) is 33.3 Å². The monoisotopic (exact) mass is 182 g/mol. The first-order valence-electron chi connectivity index (χ1n) is 4.30. The van der Waals surface area contributed by atoms with Crippen molar-refractivity contribution in [2.75, 3.05) is 0 Å². The molecule has 0 aliphatic carbocycles. The summed E-state index contributed by atoms with van der Waals surface area (Å²) < 4.78 is 0. The molecule has 1 rings (SSSR count). The molecule has 0 heterocycles. The summed E-state index contributed by atoms with van der Waals surface area (Å²) in [5, 5.41) is 7.90. The Morgan fingerprint density at radius 3 is 1.62 bits per heavy atom. The number of hydrogen-bond donors (Lipinski definition) is 1. The lowest BCUT2D eigenvalue weighted by molar-refractivity contribution is -0.306. The lowest BCUT2D eigenvalue weighted by atomic mass is 10.2. The minimum absolute atomic E-state index is 0.403. The average molecular weight is 182 g/mol. The predicted molar refractivity (Wildman–Crippen MR) is 54.6 cm³/mol. The zero-order valence-electron chi connectivity index (χ0n) is 8.74. The van der Waals surface area contributed by atoms with Crippen LogP contribution in [0.4, 0.5) is 0 Å². The highest BCUT2D eigenvalue weighted by atomic mass is 17.1. The Hall–Kier alpha value is -0.860. The number of rotatable bonds is 0. The summed E-state index contributed by atoms with van der Waals surface area (Å²) in [5.74, 6) is 0. The molecule has 0 bridgehead atoms. The highest BCUT2D eigenvalue weighted by Crippen LogP contribution is 2.01. The summed E-state index contributed by atoms with van der Waals surface area (Å²) in [5.41, 5.74) is 0.919. The predicted octanol–water partition coefficient (Wildman–Crippen LogP) is 3.27. The Balaban J connectivity index is 0.000000226. The minimum atomic E-state index is -0.403. The van der Waals surface area contributed by atoms with E-state index in [0.29, 0.717) is 0 Å². The molecule has 0 saturated carbocycles. The molecule has 0 unspecified atom stereocenters. The molecule has 0 atom stereocenters. The first kappa shape index (κ1) is 12.1. The van der Waals surface area contributed by atoms with Crippen LogP contribution in [0, 0.1) is 6.92 Å². The van der Waals surface area contributed by atoms with Crippen molar-refractivity contribution >= 4 is 0 Å². The van der Waals surface area contributed by atoms with Gasteiger partial charge in [0.15, 0.2) is 0 Å². The molecule has 0 aliphatic rings. The second-order valence-electron chi connectivity index (χ2n) is 3.86. The van der Waals surface area contributed by atoms with E-state index in [2.05, 4.69) is 23.9 Å². The van der Waals surface area contributed by atoms with Gasteiger partial charge < -0.3 is 0 Å². The minimum Gasteiger partial charge on any atom is -0.251 e. The molecule has 0 aliphatic heterocycles. The molecule has 1 aromatic rings. The normalized spacial score (nSPS) is 10.2. The van der Waals surface area contributed by atoms with E-state index in [1.807, 2.05) is 18.2 Å². The molecule has 2 nitrogen and oxygen atoms in total. The number of hydrogen-bond acceptors (Lipinski definition) is 2. The third-order valence-corrected chi connectivity index (χ3v) is 1.21. The van der Waals surface area contributed by atoms with Crippen LogP contribution in [-0.4, -0.2) is 10.9 Å². The first-order chi connectivity index (χ1) is 5.95. The second kappa shape index (κ2) is 5.73. The summed E-state index contributed by atoms with van der Waals surface area (Å²) in [6.07, 6.45) is 0. The lowest BCUT2D eigenvalue weighted by Crippen LogP contribution is -2.15. The quantitative estimate of drug-likeness (QED) is 0.493. The summed E-state index contributed by atoms with van der Waals surface area (Å²) in [6, 6.07) is 10.3. The van der Waals surface area contributed by atoms with E-state index in [1.54, 1.807) is 20.8 Å². The van der Waals surface area contributed by atoms with Crippen LogP contribution in [-0.2, 0) is 4.89 Å². The highest BCUT2D eigenvalue weighted by molar-refractivity contribution is 5.11. The smallest absolute Gasteiger partial charge is 0.0949 e. The zero-order valence-corrected chi connectivity index (χ0v) is 8.74. The summed E-state index contributed by atoms with van der Waals surface area (Å²) in [4.78, 5) is 3.94. The van der Waals surface area contributed by atoms with Crippen molar-refractivity contribution < 1.29 is 10.1 Å². The van der Waals surface area contributed by atoms with Gasteiger partial charge in [0, 0.05) is 0 Å². The number of aryl methyl sites for hydroxylation is 1. The highest BCUT2D eigenvalue weighted by Gasteiger charge is 2.06. The Morgan fingerprint density at radius 1 is 1.08 bits per heavy atom.